The minimum atomic E-state index is -0.408. The lowest BCUT2D eigenvalue weighted by atomic mass is 10.0. The zero-order chi connectivity index (χ0) is 16.3. The first-order valence-corrected chi connectivity index (χ1v) is 6.42. The molecule has 0 atom stereocenters. The molecule has 0 saturated carbocycles. The van der Waals surface area contributed by atoms with Crippen LogP contribution in [-0.2, 0) is 11.2 Å². The molecule has 0 spiro atoms. The monoisotopic (exact) mass is 284 g/mol. The van der Waals surface area contributed by atoms with Gasteiger partial charge in [-0.25, -0.2) is 4.79 Å². The number of carbonyl (C=O) groups is 2. The molecule has 1 amide bonds. The molecule has 0 aliphatic rings. The number of hydrogen-bond acceptors (Lipinski definition) is 5. The summed E-state index contributed by atoms with van der Waals surface area (Å²) in [6.07, 6.45) is 0.606. The summed E-state index contributed by atoms with van der Waals surface area (Å²) in [4.78, 5) is 31.2. The van der Waals surface area contributed by atoms with Crippen molar-refractivity contribution in [2.24, 2.45) is 0 Å². The van der Waals surface area contributed by atoms with E-state index in [0.29, 0.717) is 17.5 Å². The van der Waals surface area contributed by atoms with Crippen molar-refractivity contribution in [2.45, 2.75) is 34.1 Å². The van der Waals surface area contributed by atoms with E-state index in [0.717, 1.165) is 5.56 Å². The van der Waals surface area contributed by atoms with Crippen LogP contribution in [-0.4, -0.2) is 26.8 Å². The maximum atomic E-state index is 11.7. The Morgan fingerprint density at radius 1 is 1.25 bits per heavy atom. The number of carbonyl (C=O) groups excluding carboxylic acids is 2. The summed E-state index contributed by atoms with van der Waals surface area (Å²) >= 11 is 0. The van der Waals surface area contributed by atoms with E-state index in [1.807, 2.05) is 27.6 Å². The predicted molar refractivity (Wildman–Crippen MR) is 80.5 cm³/mol. The van der Waals surface area contributed by atoms with Gasteiger partial charge in [0.1, 0.15) is 12.4 Å². The van der Waals surface area contributed by atoms with E-state index in [2.05, 4.69) is 10.6 Å². The van der Waals surface area contributed by atoms with Crippen LogP contribution in [0.4, 0.5) is 5.88 Å². The van der Waals surface area contributed by atoms with Gasteiger partial charge in [-0.05, 0) is 18.9 Å². The Kier molecular flexibility index (Phi) is 10.9. The summed E-state index contributed by atoms with van der Waals surface area (Å²) in [5.74, 6) is -0.0418. The molecule has 1 rings (SSSR count). The molecular weight excluding hydrogens is 260 g/mol. The maximum absolute atomic E-state index is 11.7. The minimum absolute atomic E-state index is 0.215. The second kappa shape index (κ2) is 10.8. The van der Waals surface area contributed by atoms with Crippen molar-refractivity contribution >= 4 is 18.6 Å². The molecule has 0 radical (unpaired) electrons. The van der Waals surface area contributed by atoms with Crippen LogP contribution in [0.15, 0.2) is 9.21 Å². The highest BCUT2D eigenvalue weighted by Crippen LogP contribution is 2.20. The molecule has 0 unspecified atom stereocenters. The van der Waals surface area contributed by atoms with Gasteiger partial charge in [0.05, 0.1) is 0 Å². The lowest BCUT2D eigenvalue weighted by molar-refractivity contribution is -0.0980. The molecule has 0 bridgehead atoms. The molecule has 6 nitrogen and oxygen atoms in total. The normalized spacial score (nSPS) is 8.50. The van der Waals surface area contributed by atoms with E-state index in [-0.39, 0.29) is 11.8 Å². The van der Waals surface area contributed by atoms with Crippen LogP contribution in [0.1, 0.15) is 42.3 Å². The fraction of sp³-hybridized carbons (Fsp3) is 0.500. The van der Waals surface area contributed by atoms with Gasteiger partial charge < -0.3 is 19.8 Å². The SMILES string of the molecule is C=O.CC.CCc1c(C(=O)NC)c(NC)oc(=O)c1C. The van der Waals surface area contributed by atoms with Crippen molar-refractivity contribution in [3.8, 4) is 0 Å². The van der Waals surface area contributed by atoms with Crippen molar-refractivity contribution in [2.75, 3.05) is 19.4 Å². The highest BCUT2D eigenvalue weighted by molar-refractivity contribution is 5.99. The van der Waals surface area contributed by atoms with Crippen LogP contribution in [0.25, 0.3) is 0 Å². The lowest BCUT2D eigenvalue weighted by Crippen LogP contribution is -2.24. The Bertz CT molecular complexity index is 481. The largest absolute Gasteiger partial charge is 0.406 e. The highest BCUT2D eigenvalue weighted by atomic mass is 16.4. The van der Waals surface area contributed by atoms with E-state index in [4.69, 9.17) is 9.21 Å². The van der Waals surface area contributed by atoms with E-state index in [1.165, 1.54) is 0 Å². The topological polar surface area (TPSA) is 88.4 Å². The van der Waals surface area contributed by atoms with Gasteiger partial charge in [-0.15, -0.1) is 0 Å². The molecule has 1 aromatic heterocycles. The quantitative estimate of drug-likeness (QED) is 0.882. The second-order valence-corrected chi connectivity index (χ2v) is 3.38. The van der Waals surface area contributed by atoms with Gasteiger partial charge in [0.15, 0.2) is 0 Å². The van der Waals surface area contributed by atoms with Crippen LogP contribution < -0.4 is 16.3 Å². The first-order valence-electron chi connectivity index (χ1n) is 6.42. The van der Waals surface area contributed by atoms with Gasteiger partial charge >= 0.3 is 5.63 Å². The zero-order valence-electron chi connectivity index (χ0n) is 13.0. The summed E-state index contributed by atoms with van der Waals surface area (Å²) in [5, 5.41) is 5.26. The van der Waals surface area contributed by atoms with Crippen LogP contribution in [0.3, 0.4) is 0 Å². The molecule has 0 saturated heterocycles. The Balaban J connectivity index is 0. The molecule has 1 aromatic rings. The Hall–Kier alpha value is -2.11. The van der Waals surface area contributed by atoms with E-state index >= 15 is 0 Å². The Labute approximate surface area is 119 Å². The van der Waals surface area contributed by atoms with Crippen LogP contribution in [0.5, 0.6) is 0 Å². The molecule has 0 aromatic carbocycles. The summed E-state index contributed by atoms with van der Waals surface area (Å²) in [6.45, 7) is 9.56. The number of anilines is 1. The van der Waals surface area contributed by atoms with Gasteiger partial charge in [-0.3, -0.25) is 4.79 Å². The third kappa shape index (κ3) is 4.53. The maximum Gasteiger partial charge on any atom is 0.340 e. The zero-order valence-corrected chi connectivity index (χ0v) is 13.0. The standard InChI is InChI=1S/C11H16N2O3.C2H6.CH2O/c1-5-7-6(2)11(15)16-10(13-4)8(7)9(14)12-3;2*1-2/h13H,5H2,1-4H3,(H,12,14);1-2H3;1H2. The average Bonchev–Trinajstić information content (AvgIpc) is 2.52. The predicted octanol–water partition coefficient (Wildman–Crippen LogP) is 1.75. The van der Waals surface area contributed by atoms with Crippen molar-refractivity contribution in [3.63, 3.8) is 0 Å². The van der Waals surface area contributed by atoms with E-state index < -0.39 is 5.63 Å². The van der Waals surface area contributed by atoms with Gasteiger partial charge in [0.2, 0.25) is 5.88 Å². The third-order valence-electron chi connectivity index (χ3n) is 2.52. The fourth-order valence-electron chi connectivity index (χ4n) is 1.65. The van der Waals surface area contributed by atoms with Gasteiger partial charge in [0.25, 0.3) is 5.91 Å². The molecule has 1 heterocycles. The number of hydrogen-bond donors (Lipinski definition) is 2. The number of amides is 1. The van der Waals surface area contributed by atoms with Crippen molar-refractivity contribution in [1.29, 1.82) is 0 Å². The Morgan fingerprint density at radius 3 is 2.10 bits per heavy atom. The highest BCUT2D eigenvalue weighted by Gasteiger charge is 2.20. The first kappa shape index (κ1) is 20.2. The van der Waals surface area contributed by atoms with Gasteiger partial charge in [-0.1, -0.05) is 20.8 Å². The van der Waals surface area contributed by atoms with Gasteiger partial charge in [-0.2, -0.15) is 0 Å². The van der Waals surface area contributed by atoms with Crippen LogP contribution >= 0.6 is 0 Å². The molecule has 20 heavy (non-hydrogen) atoms. The molecule has 6 heteroatoms. The fourth-order valence-corrected chi connectivity index (χ4v) is 1.65. The molecule has 114 valence electrons. The second-order valence-electron chi connectivity index (χ2n) is 3.38. The molecule has 0 aliphatic heterocycles. The smallest absolute Gasteiger partial charge is 0.340 e. The van der Waals surface area contributed by atoms with E-state index in [9.17, 15) is 9.59 Å². The molecule has 0 fully saturated rings. The van der Waals surface area contributed by atoms with Crippen molar-refractivity contribution in [1.82, 2.24) is 5.32 Å². The van der Waals surface area contributed by atoms with Crippen LogP contribution in [0.2, 0.25) is 0 Å². The molecule has 0 aliphatic carbocycles. The van der Waals surface area contributed by atoms with Crippen molar-refractivity contribution < 1.29 is 14.0 Å². The molecular formula is C14H24N2O4. The van der Waals surface area contributed by atoms with Crippen LogP contribution in [0, 0.1) is 6.92 Å². The van der Waals surface area contributed by atoms with E-state index in [1.54, 1.807) is 21.0 Å². The average molecular weight is 284 g/mol. The lowest BCUT2D eigenvalue weighted by Gasteiger charge is -2.12. The van der Waals surface area contributed by atoms with Crippen molar-refractivity contribution in [3.05, 3.63) is 27.1 Å². The Morgan fingerprint density at radius 2 is 1.75 bits per heavy atom. The summed E-state index contributed by atoms with van der Waals surface area (Å²) in [7, 11) is 3.15. The summed E-state index contributed by atoms with van der Waals surface area (Å²) in [6, 6.07) is 0. The molecule has 2 N–H and O–H groups in total. The summed E-state index contributed by atoms with van der Waals surface area (Å²) in [5.41, 5.74) is 1.21. The third-order valence-corrected chi connectivity index (χ3v) is 2.52. The minimum Gasteiger partial charge on any atom is -0.406 e. The number of nitrogens with one attached hydrogen (secondary N) is 2. The summed E-state index contributed by atoms with van der Waals surface area (Å²) < 4.78 is 5.03. The number of rotatable bonds is 3. The first-order chi connectivity index (χ1) is 9.56. The van der Waals surface area contributed by atoms with Gasteiger partial charge in [0, 0.05) is 19.7 Å².